The summed E-state index contributed by atoms with van der Waals surface area (Å²) in [4.78, 5) is 64.7. The van der Waals surface area contributed by atoms with E-state index in [2.05, 4.69) is 0 Å². The standard InChI is InChI=1S/3Ca.3H3O4P.6H/c;;;3*1-5(2,3)4;;;;;;/h;;;3*(H3,1,2,3,4);;;;;;. The number of hydrogen-bond donors (Lipinski definition) is 9. The maximum absolute atomic E-state index is 8.88. The van der Waals surface area contributed by atoms with E-state index in [1.54, 1.807) is 0 Å². The first-order valence-electron chi connectivity index (χ1n) is 2.35. The Balaban J connectivity index is -0.0000000277. The van der Waals surface area contributed by atoms with Gasteiger partial charge >= 0.3 is 137 Å². The molecule has 0 aliphatic carbocycles. The summed E-state index contributed by atoms with van der Waals surface area (Å²) in [6.07, 6.45) is 0. The van der Waals surface area contributed by atoms with Gasteiger partial charge in [-0.2, -0.15) is 0 Å². The Hall–Kier alpha value is 4.11. The van der Waals surface area contributed by atoms with Gasteiger partial charge in [0.25, 0.3) is 0 Å². The van der Waals surface area contributed by atoms with E-state index < -0.39 is 23.5 Å². The molecule has 0 rings (SSSR count). The zero-order chi connectivity index (χ0) is 13.5. The summed E-state index contributed by atoms with van der Waals surface area (Å²) in [6.45, 7) is 0. The van der Waals surface area contributed by atoms with Crippen molar-refractivity contribution >= 4 is 137 Å². The molecular formula is H15Ca3O12P3. The predicted molar refractivity (Wildman–Crippen MR) is 68.4 cm³/mol. The van der Waals surface area contributed by atoms with Crippen molar-refractivity contribution in [1.29, 1.82) is 0 Å². The molecule has 0 amide bonds. The van der Waals surface area contributed by atoms with Gasteiger partial charge in [0.15, 0.2) is 0 Å². The van der Waals surface area contributed by atoms with Crippen molar-refractivity contribution in [2.75, 3.05) is 0 Å². The van der Waals surface area contributed by atoms with Crippen LogP contribution in [-0.4, -0.2) is 157 Å². The molecule has 0 bridgehead atoms. The Bertz CT molecular complexity index is 209. The van der Waals surface area contributed by atoms with Crippen LogP contribution in [0.1, 0.15) is 0 Å². The molecular weight excluding hydrogens is 405 g/mol. The monoisotopic (exact) mass is 420 g/mol. The Labute approximate surface area is 191 Å². The van der Waals surface area contributed by atoms with Crippen LogP contribution in [0.2, 0.25) is 0 Å². The molecule has 18 heteroatoms. The number of hydrogen-bond acceptors (Lipinski definition) is 3. The summed E-state index contributed by atoms with van der Waals surface area (Å²) in [5.74, 6) is 0. The van der Waals surface area contributed by atoms with Crippen LogP contribution in [0.5, 0.6) is 0 Å². The topological polar surface area (TPSA) is 233 Å². The van der Waals surface area contributed by atoms with Crippen LogP contribution in [0.15, 0.2) is 0 Å². The van der Waals surface area contributed by atoms with Gasteiger partial charge in [-0.05, 0) is 0 Å². The quantitative estimate of drug-likeness (QED) is 0.132. The van der Waals surface area contributed by atoms with Crippen molar-refractivity contribution < 1.29 is 57.7 Å². The average Bonchev–Trinajstić information content (AvgIpc) is 1.41. The van der Waals surface area contributed by atoms with Gasteiger partial charge in [0.2, 0.25) is 0 Å². The van der Waals surface area contributed by atoms with E-state index in [4.69, 9.17) is 57.7 Å². The van der Waals surface area contributed by atoms with Crippen LogP contribution in [-0.2, 0) is 13.7 Å². The minimum atomic E-state index is -4.64. The van der Waals surface area contributed by atoms with Crippen LogP contribution in [0.3, 0.4) is 0 Å². The third-order valence-corrected chi connectivity index (χ3v) is 0. The van der Waals surface area contributed by atoms with Crippen molar-refractivity contribution in [3.05, 3.63) is 0 Å². The molecule has 0 aromatic rings. The van der Waals surface area contributed by atoms with Crippen molar-refractivity contribution in [3.63, 3.8) is 0 Å². The molecule has 0 aliphatic heterocycles. The molecule has 12 nitrogen and oxygen atoms in total. The van der Waals surface area contributed by atoms with E-state index in [9.17, 15) is 0 Å². The second-order valence-electron chi connectivity index (χ2n) is 1.54. The van der Waals surface area contributed by atoms with Gasteiger partial charge in [0, 0.05) is 0 Å². The molecule has 0 heterocycles. The molecule has 0 unspecified atom stereocenters. The molecule has 0 radical (unpaired) electrons. The second kappa shape index (κ2) is 17.5. The van der Waals surface area contributed by atoms with Gasteiger partial charge < -0.3 is 44.0 Å². The zero-order valence-electron chi connectivity index (χ0n) is 6.59. The predicted octanol–water partition coefficient (Wildman–Crippen LogP) is -5.53. The van der Waals surface area contributed by atoms with E-state index >= 15 is 0 Å². The summed E-state index contributed by atoms with van der Waals surface area (Å²) in [7, 11) is -13.9. The van der Waals surface area contributed by atoms with Gasteiger partial charge in [0.05, 0.1) is 0 Å². The van der Waals surface area contributed by atoms with Crippen LogP contribution in [0.4, 0.5) is 0 Å². The Morgan fingerprint density at radius 2 is 0.389 bits per heavy atom. The molecule has 108 valence electrons. The Kier molecular flexibility index (Phi) is 36.8. The minimum absolute atomic E-state index is 0. The van der Waals surface area contributed by atoms with Crippen LogP contribution < -0.4 is 0 Å². The summed E-state index contributed by atoms with van der Waals surface area (Å²) in [5.41, 5.74) is 0. The number of rotatable bonds is 0. The summed E-state index contributed by atoms with van der Waals surface area (Å²) < 4.78 is 26.6. The molecule has 18 heavy (non-hydrogen) atoms. The molecule has 0 spiro atoms. The third-order valence-electron chi connectivity index (χ3n) is 0. The summed E-state index contributed by atoms with van der Waals surface area (Å²) in [5, 5.41) is 0. The molecule has 0 aromatic carbocycles. The van der Waals surface area contributed by atoms with Crippen molar-refractivity contribution in [1.82, 2.24) is 0 Å². The molecule has 0 atom stereocenters. The van der Waals surface area contributed by atoms with Crippen molar-refractivity contribution in [3.8, 4) is 0 Å². The maximum atomic E-state index is 8.88. The number of phosphoric acid groups is 3. The van der Waals surface area contributed by atoms with Gasteiger partial charge in [-0.25, -0.2) is 13.7 Å². The van der Waals surface area contributed by atoms with Crippen LogP contribution >= 0.6 is 23.5 Å². The molecule has 9 N–H and O–H groups in total. The average molecular weight is 420 g/mol. The zero-order valence-corrected chi connectivity index (χ0v) is 9.27. The fraction of sp³-hybridized carbons (Fsp3) is 0. The molecule has 0 aliphatic rings. The fourth-order valence-corrected chi connectivity index (χ4v) is 0. The third kappa shape index (κ3) is 435. The first kappa shape index (κ1) is 38.0. The SMILES string of the molecule is O=P(O)(O)O.O=P(O)(O)O.O=P(O)(O)O.[CaH2].[CaH2].[CaH2]. The Morgan fingerprint density at radius 3 is 0.389 bits per heavy atom. The molecule has 0 aromatic heterocycles. The van der Waals surface area contributed by atoms with Crippen LogP contribution in [0.25, 0.3) is 0 Å². The van der Waals surface area contributed by atoms with E-state index in [-0.39, 0.29) is 113 Å². The van der Waals surface area contributed by atoms with E-state index in [1.165, 1.54) is 0 Å². The van der Waals surface area contributed by atoms with Crippen LogP contribution in [0, 0.1) is 0 Å². The normalized spacial score (nSPS) is 9.83. The molecule has 0 saturated carbocycles. The first-order chi connectivity index (χ1) is 6.00. The van der Waals surface area contributed by atoms with E-state index in [0.29, 0.717) is 0 Å². The Morgan fingerprint density at radius 1 is 0.389 bits per heavy atom. The van der Waals surface area contributed by atoms with Crippen molar-refractivity contribution in [2.24, 2.45) is 0 Å². The first-order valence-corrected chi connectivity index (χ1v) is 7.04. The molecule has 0 fully saturated rings. The van der Waals surface area contributed by atoms with Gasteiger partial charge in [-0.1, -0.05) is 0 Å². The fourth-order valence-electron chi connectivity index (χ4n) is 0. The van der Waals surface area contributed by atoms with Gasteiger partial charge in [-0.3, -0.25) is 0 Å². The van der Waals surface area contributed by atoms with Crippen molar-refractivity contribution in [2.45, 2.75) is 0 Å². The summed E-state index contributed by atoms with van der Waals surface area (Å²) >= 11 is 0. The molecule has 0 saturated heterocycles. The van der Waals surface area contributed by atoms with Gasteiger partial charge in [-0.15, -0.1) is 0 Å². The van der Waals surface area contributed by atoms with E-state index in [0.717, 1.165) is 0 Å². The van der Waals surface area contributed by atoms with Gasteiger partial charge in [0.1, 0.15) is 0 Å². The second-order valence-corrected chi connectivity index (χ2v) is 4.62. The van der Waals surface area contributed by atoms with E-state index in [1.807, 2.05) is 0 Å². The summed E-state index contributed by atoms with van der Waals surface area (Å²) in [6, 6.07) is 0.